The van der Waals surface area contributed by atoms with E-state index < -0.39 is 0 Å². The molecule has 0 saturated carbocycles. The predicted octanol–water partition coefficient (Wildman–Crippen LogP) is 6.08. The first-order chi connectivity index (χ1) is 11.9. The minimum atomic E-state index is -0.0575. The average molecular weight is 425 g/mol. The third-order valence-electron chi connectivity index (χ3n) is 3.91. The lowest BCUT2D eigenvalue weighted by molar-refractivity contribution is -0.116. The molecule has 1 N–H and O–H groups in total. The second-order valence-corrected chi connectivity index (χ2v) is 7.32. The molecule has 0 aromatic heterocycles. The van der Waals surface area contributed by atoms with Gasteiger partial charge in [-0.05, 0) is 77.5 Å². The highest BCUT2D eigenvalue weighted by atomic mass is 79.9. The number of hydrogen-bond donors (Lipinski definition) is 1. The lowest BCUT2D eigenvalue weighted by Crippen LogP contribution is -2.14. The highest BCUT2D eigenvalue weighted by molar-refractivity contribution is 9.10. The molecule has 0 aliphatic heterocycles. The number of anilines is 1. The summed E-state index contributed by atoms with van der Waals surface area (Å²) in [6.07, 6.45) is 2.00. The van der Waals surface area contributed by atoms with E-state index in [0.29, 0.717) is 30.2 Å². The van der Waals surface area contributed by atoms with Gasteiger partial charge in [0.2, 0.25) is 5.91 Å². The summed E-state index contributed by atoms with van der Waals surface area (Å²) in [4.78, 5) is 12.1. The van der Waals surface area contributed by atoms with Gasteiger partial charge in [0.15, 0.2) is 0 Å². The minimum Gasteiger partial charge on any atom is -0.492 e. The Labute approximate surface area is 162 Å². The van der Waals surface area contributed by atoms with E-state index in [1.54, 1.807) is 0 Å². The fourth-order valence-electron chi connectivity index (χ4n) is 2.57. The van der Waals surface area contributed by atoms with Crippen LogP contribution in [0.2, 0.25) is 5.02 Å². The van der Waals surface area contributed by atoms with E-state index in [4.69, 9.17) is 16.3 Å². The zero-order chi connectivity index (χ0) is 18.4. The number of aryl methyl sites for hydroxylation is 3. The summed E-state index contributed by atoms with van der Waals surface area (Å²) in [5.41, 5.74) is 3.99. The molecule has 0 aliphatic carbocycles. The zero-order valence-corrected chi connectivity index (χ0v) is 17.1. The molecule has 0 saturated heterocycles. The Balaban J connectivity index is 1.81. The van der Waals surface area contributed by atoms with Gasteiger partial charge < -0.3 is 10.1 Å². The molecule has 0 heterocycles. The predicted molar refractivity (Wildman–Crippen MR) is 108 cm³/mol. The van der Waals surface area contributed by atoms with Crippen LogP contribution >= 0.6 is 27.5 Å². The van der Waals surface area contributed by atoms with Gasteiger partial charge in [-0.1, -0.05) is 30.7 Å². The number of ether oxygens (including phenoxy) is 1. The molecule has 2 rings (SSSR count). The first-order valence-electron chi connectivity index (χ1n) is 8.38. The van der Waals surface area contributed by atoms with E-state index in [0.717, 1.165) is 27.8 Å². The molecule has 3 nitrogen and oxygen atoms in total. The number of carbonyl (C=O) groups excluding carboxylic acids is 1. The van der Waals surface area contributed by atoms with E-state index in [-0.39, 0.29) is 5.91 Å². The third-order valence-corrected chi connectivity index (χ3v) is 4.82. The quantitative estimate of drug-likeness (QED) is 0.547. The van der Waals surface area contributed by atoms with Crippen LogP contribution in [0, 0.1) is 13.8 Å². The number of hydrogen-bond acceptors (Lipinski definition) is 2. The van der Waals surface area contributed by atoms with Gasteiger partial charge in [-0.3, -0.25) is 4.79 Å². The lowest BCUT2D eigenvalue weighted by atomic mass is 10.1. The highest BCUT2D eigenvalue weighted by Gasteiger charge is 2.10. The number of benzene rings is 2. The molecule has 0 radical (unpaired) electrons. The van der Waals surface area contributed by atoms with Gasteiger partial charge in [-0.25, -0.2) is 0 Å². The van der Waals surface area contributed by atoms with Gasteiger partial charge in [-0.15, -0.1) is 0 Å². The molecular formula is C20H23BrClNO2. The van der Waals surface area contributed by atoms with Crippen molar-refractivity contribution in [3.63, 3.8) is 0 Å². The summed E-state index contributed by atoms with van der Waals surface area (Å²) in [6.45, 7) is 6.52. The first-order valence-corrected chi connectivity index (χ1v) is 9.55. The first kappa shape index (κ1) is 19.8. The normalized spacial score (nSPS) is 10.6. The van der Waals surface area contributed by atoms with Gasteiger partial charge in [0.05, 0.1) is 21.8 Å². The Bertz CT molecular complexity index is 738. The van der Waals surface area contributed by atoms with Crippen LogP contribution in [0.3, 0.4) is 0 Å². The molecule has 0 fully saturated rings. The molecule has 0 bridgehead atoms. The summed E-state index contributed by atoms with van der Waals surface area (Å²) in [5, 5.41) is 3.47. The van der Waals surface area contributed by atoms with Crippen LogP contribution in [-0.2, 0) is 11.2 Å². The molecule has 25 heavy (non-hydrogen) atoms. The van der Waals surface area contributed by atoms with Crippen molar-refractivity contribution in [1.29, 1.82) is 0 Å². The minimum absolute atomic E-state index is 0.0575. The highest BCUT2D eigenvalue weighted by Crippen LogP contribution is 2.28. The molecular weight excluding hydrogens is 402 g/mol. The van der Waals surface area contributed by atoms with Crippen molar-refractivity contribution in [2.24, 2.45) is 0 Å². The fourth-order valence-corrected chi connectivity index (χ4v) is 3.48. The van der Waals surface area contributed by atoms with Crippen LogP contribution in [0.4, 0.5) is 5.69 Å². The van der Waals surface area contributed by atoms with Crippen LogP contribution in [0.5, 0.6) is 5.75 Å². The molecule has 2 aromatic carbocycles. The van der Waals surface area contributed by atoms with Gasteiger partial charge in [-0.2, -0.15) is 0 Å². The Morgan fingerprint density at radius 2 is 2.00 bits per heavy atom. The van der Waals surface area contributed by atoms with Crippen LogP contribution in [0.15, 0.2) is 34.8 Å². The van der Waals surface area contributed by atoms with Gasteiger partial charge in [0.25, 0.3) is 0 Å². The van der Waals surface area contributed by atoms with Gasteiger partial charge in [0, 0.05) is 6.42 Å². The summed E-state index contributed by atoms with van der Waals surface area (Å²) >= 11 is 9.73. The second kappa shape index (κ2) is 9.25. The van der Waals surface area contributed by atoms with Gasteiger partial charge >= 0.3 is 0 Å². The van der Waals surface area contributed by atoms with Crippen molar-refractivity contribution >= 4 is 39.1 Å². The van der Waals surface area contributed by atoms with E-state index in [2.05, 4.69) is 40.3 Å². The fraction of sp³-hybridized carbons (Fsp3) is 0.350. The number of nitrogens with one attached hydrogen (secondary N) is 1. The van der Waals surface area contributed by atoms with Crippen molar-refractivity contribution in [2.45, 2.75) is 40.0 Å². The molecule has 0 aliphatic rings. The van der Waals surface area contributed by atoms with E-state index in [9.17, 15) is 4.79 Å². The molecule has 2 aromatic rings. The Kier molecular flexibility index (Phi) is 7.33. The third kappa shape index (κ3) is 5.75. The van der Waals surface area contributed by atoms with E-state index >= 15 is 0 Å². The Hall–Kier alpha value is -1.52. The maximum atomic E-state index is 12.1. The molecule has 134 valence electrons. The van der Waals surface area contributed by atoms with E-state index in [1.807, 2.05) is 32.0 Å². The molecule has 5 heteroatoms. The Morgan fingerprint density at radius 1 is 1.24 bits per heavy atom. The topological polar surface area (TPSA) is 38.3 Å². The molecule has 1 amide bonds. The largest absolute Gasteiger partial charge is 0.492 e. The van der Waals surface area contributed by atoms with Crippen LogP contribution in [0.1, 0.15) is 36.5 Å². The van der Waals surface area contributed by atoms with Crippen molar-refractivity contribution in [1.82, 2.24) is 0 Å². The smallest absolute Gasteiger partial charge is 0.224 e. The molecule has 0 unspecified atom stereocenters. The van der Waals surface area contributed by atoms with Crippen LogP contribution in [-0.4, -0.2) is 12.5 Å². The molecule has 0 atom stereocenters. The van der Waals surface area contributed by atoms with Crippen molar-refractivity contribution in [3.05, 3.63) is 56.5 Å². The SMILES string of the molecule is CCc1ccc(OCCCC(=O)Nc2c(C)cc(C)cc2Cl)c(Br)c1. The number of rotatable bonds is 7. The maximum Gasteiger partial charge on any atom is 0.224 e. The zero-order valence-electron chi connectivity index (χ0n) is 14.8. The summed E-state index contributed by atoms with van der Waals surface area (Å²) < 4.78 is 6.69. The van der Waals surface area contributed by atoms with Gasteiger partial charge in [0.1, 0.15) is 5.75 Å². The summed E-state index contributed by atoms with van der Waals surface area (Å²) in [6, 6.07) is 9.92. The number of halogens is 2. The van der Waals surface area contributed by atoms with Crippen molar-refractivity contribution < 1.29 is 9.53 Å². The Morgan fingerprint density at radius 3 is 2.64 bits per heavy atom. The monoisotopic (exact) mass is 423 g/mol. The van der Waals surface area contributed by atoms with Crippen LogP contribution < -0.4 is 10.1 Å². The molecule has 0 spiro atoms. The standard InChI is InChI=1S/C20H23BrClNO2/c1-4-15-7-8-18(16(21)12-15)25-9-5-6-19(24)23-20-14(3)10-13(2)11-17(20)22/h7-8,10-12H,4-6,9H2,1-3H3,(H,23,24). The summed E-state index contributed by atoms with van der Waals surface area (Å²) in [5.74, 6) is 0.743. The lowest BCUT2D eigenvalue weighted by Gasteiger charge is -2.12. The second-order valence-electron chi connectivity index (χ2n) is 6.06. The van der Waals surface area contributed by atoms with E-state index in [1.165, 1.54) is 5.56 Å². The summed E-state index contributed by atoms with van der Waals surface area (Å²) in [7, 11) is 0. The average Bonchev–Trinajstić information content (AvgIpc) is 2.56. The number of carbonyl (C=O) groups is 1. The van der Waals surface area contributed by atoms with Crippen LogP contribution in [0.25, 0.3) is 0 Å². The van der Waals surface area contributed by atoms with Crippen molar-refractivity contribution in [3.8, 4) is 5.75 Å². The maximum absolute atomic E-state index is 12.1. The number of amides is 1. The van der Waals surface area contributed by atoms with Crippen molar-refractivity contribution in [2.75, 3.05) is 11.9 Å².